The fourth-order valence-electron chi connectivity index (χ4n) is 2.36. The Morgan fingerprint density at radius 1 is 1.17 bits per heavy atom. The molecule has 0 spiro atoms. The molecule has 1 aromatic heterocycles. The molecule has 0 amide bonds. The van der Waals surface area contributed by atoms with E-state index < -0.39 is 5.97 Å². The first kappa shape index (κ1) is 16.7. The van der Waals surface area contributed by atoms with Crippen LogP contribution in [0.1, 0.15) is 36.8 Å². The average Bonchev–Trinajstić information content (AvgIpc) is 2.59. The van der Waals surface area contributed by atoms with E-state index in [9.17, 15) is 4.79 Å². The lowest BCUT2D eigenvalue weighted by molar-refractivity contribution is -0.137. The second-order valence-corrected chi connectivity index (χ2v) is 5.23. The number of hydrogen-bond donors (Lipinski definition) is 1. The Hall–Kier alpha value is -2.62. The van der Waals surface area contributed by atoms with Crippen LogP contribution in [0.15, 0.2) is 54.9 Å². The van der Waals surface area contributed by atoms with E-state index in [2.05, 4.69) is 11.1 Å². The summed E-state index contributed by atoms with van der Waals surface area (Å²) in [6.45, 7) is 0. The zero-order valence-electron chi connectivity index (χ0n) is 13.2. The van der Waals surface area contributed by atoms with Crippen molar-refractivity contribution >= 4 is 11.5 Å². The van der Waals surface area contributed by atoms with Crippen molar-refractivity contribution in [3.63, 3.8) is 0 Å². The van der Waals surface area contributed by atoms with Crippen molar-refractivity contribution in [3.05, 3.63) is 66.0 Å². The minimum Gasteiger partial charge on any atom is -0.497 e. The Morgan fingerprint density at radius 3 is 2.57 bits per heavy atom. The van der Waals surface area contributed by atoms with E-state index in [1.165, 1.54) is 0 Å². The van der Waals surface area contributed by atoms with E-state index in [1.54, 1.807) is 13.3 Å². The van der Waals surface area contributed by atoms with E-state index in [0.29, 0.717) is 6.42 Å². The maximum absolute atomic E-state index is 10.6. The molecule has 0 aliphatic rings. The molecule has 0 aliphatic heterocycles. The second-order valence-electron chi connectivity index (χ2n) is 5.23. The normalized spacial score (nSPS) is 11.3. The zero-order chi connectivity index (χ0) is 16.5. The molecule has 0 atom stereocenters. The molecule has 0 radical (unpaired) electrons. The van der Waals surface area contributed by atoms with Crippen LogP contribution in [-0.2, 0) is 4.79 Å². The van der Waals surface area contributed by atoms with Crippen LogP contribution in [-0.4, -0.2) is 23.2 Å². The molecule has 0 unspecified atom stereocenters. The average molecular weight is 311 g/mol. The highest BCUT2D eigenvalue weighted by molar-refractivity contribution is 5.79. The summed E-state index contributed by atoms with van der Waals surface area (Å²) < 4.78 is 5.20. The van der Waals surface area contributed by atoms with E-state index in [4.69, 9.17) is 9.84 Å². The number of ether oxygens (including phenoxy) is 1. The number of rotatable bonds is 8. The van der Waals surface area contributed by atoms with Crippen molar-refractivity contribution in [3.8, 4) is 5.75 Å². The van der Waals surface area contributed by atoms with Gasteiger partial charge in [0, 0.05) is 24.4 Å². The first-order chi connectivity index (χ1) is 11.2. The molecule has 1 aromatic carbocycles. The van der Waals surface area contributed by atoms with Crippen LogP contribution >= 0.6 is 0 Å². The minimum atomic E-state index is -0.739. The Morgan fingerprint density at radius 2 is 1.96 bits per heavy atom. The number of hydrogen-bond acceptors (Lipinski definition) is 3. The number of carboxylic acid groups (broad SMARTS) is 1. The van der Waals surface area contributed by atoms with Gasteiger partial charge in [-0.2, -0.15) is 0 Å². The molecule has 23 heavy (non-hydrogen) atoms. The number of carbonyl (C=O) groups is 1. The van der Waals surface area contributed by atoms with Crippen LogP contribution in [0.25, 0.3) is 5.57 Å². The molecule has 2 rings (SSSR count). The fourth-order valence-corrected chi connectivity index (χ4v) is 2.36. The van der Waals surface area contributed by atoms with Crippen LogP contribution < -0.4 is 4.74 Å². The topological polar surface area (TPSA) is 59.4 Å². The smallest absolute Gasteiger partial charge is 0.303 e. The fraction of sp³-hybridized carbons (Fsp3) is 0.263. The Labute approximate surface area is 136 Å². The molecule has 0 bridgehead atoms. The highest BCUT2D eigenvalue weighted by Gasteiger charge is 2.05. The van der Waals surface area contributed by atoms with E-state index in [0.717, 1.165) is 35.3 Å². The zero-order valence-corrected chi connectivity index (χ0v) is 13.2. The standard InChI is InChI=1S/C19H21NO3/c1-23-17-11-9-15(10-12-17)18(16-6-5-13-20-14-16)7-3-2-4-8-19(21)22/h5-7,9-14H,2-4,8H2,1H3,(H,21,22)/b18-7+. The summed E-state index contributed by atoms with van der Waals surface area (Å²) in [6, 6.07) is 11.9. The van der Waals surface area contributed by atoms with Gasteiger partial charge in [0.15, 0.2) is 0 Å². The SMILES string of the molecule is COc1ccc(/C(=C\CCCCC(=O)O)c2cccnc2)cc1. The van der Waals surface area contributed by atoms with Gasteiger partial charge in [0.05, 0.1) is 7.11 Å². The second kappa shape index (κ2) is 8.73. The summed E-state index contributed by atoms with van der Waals surface area (Å²) >= 11 is 0. The summed E-state index contributed by atoms with van der Waals surface area (Å²) in [5.74, 6) is 0.0809. The quantitative estimate of drug-likeness (QED) is 0.743. The van der Waals surface area contributed by atoms with Crippen LogP contribution in [0, 0.1) is 0 Å². The first-order valence-electron chi connectivity index (χ1n) is 7.67. The molecule has 0 aliphatic carbocycles. The molecule has 0 saturated carbocycles. The Bertz CT molecular complexity index is 648. The molecule has 0 saturated heterocycles. The molecule has 2 aromatic rings. The molecular formula is C19H21NO3. The van der Waals surface area contributed by atoms with Gasteiger partial charge in [-0.05, 0) is 48.6 Å². The van der Waals surface area contributed by atoms with Crippen LogP contribution in [0.3, 0.4) is 0 Å². The highest BCUT2D eigenvalue weighted by atomic mass is 16.5. The third kappa shape index (κ3) is 5.25. The number of methoxy groups -OCH3 is 1. The molecule has 120 valence electrons. The van der Waals surface area contributed by atoms with Gasteiger partial charge < -0.3 is 9.84 Å². The Balaban J connectivity index is 2.16. The molecular weight excluding hydrogens is 290 g/mol. The monoisotopic (exact) mass is 311 g/mol. The molecule has 4 heteroatoms. The Kier molecular flexibility index (Phi) is 6.36. The predicted octanol–water partition coefficient (Wildman–Crippen LogP) is 4.17. The maximum Gasteiger partial charge on any atom is 0.303 e. The van der Waals surface area contributed by atoms with Crippen molar-refractivity contribution in [2.45, 2.75) is 25.7 Å². The number of pyridine rings is 1. The van der Waals surface area contributed by atoms with Gasteiger partial charge in [0.25, 0.3) is 0 Å². The summed E-state index contributed by atoms with van der Waals surface area (Å²) in [7, 11) is 1.65. The van der Waals surface area contributed by atoms with Crippen molar-refractivity contribution in [2.75, 3.05) is 7.11 Å². The number of aromatic nitrogens is 1. The first-order valence-corrected chi connectivity index (χ1v) is 7.67. The van der Waals surface area contributed by atoms with Crippen molar-refractivity contribution in [1.29, 1.82) is 0 Å². The van der Waals surface area contributed by atoms with Crippen molar-refractivity contribution in [2.24, 2.45) is 0 Å². The van der Waals surface area contributed by atoms with Gasteiger partial charge in [-0.1, -0.05) is 24.3 Å². The van der Waals surface area contributed by atoms with E-state index in [-0.39, 0.29) is 6.42 Å². The molecule has 1 N–H and O–H groups in total. The summed E-state index contributed by atoms with van der Waals surface area (Å²) in [4.78, 5) is 14.8. The van der Waals surface area contributed by atoms with Gasteiger partial charge in [0.1, 0.15) is 5.75 Å². The lowest BCUT2D eigenvalue weighted by Crippen LogP contribution is -1.93. The lowest BCUT2D eigenvalue weighted by Gasteiger charge is -2.09. The summed E-state index contributed by atoms with van der Waals surface area (Å²) in [5, 5.41) is 8.69. The maximum atomic E-state index is 10.6. The van der Waals surface area contributed by atoms with Gasteiger partial charge in [0.2, 0.25) is 0 Å². The number of unbranched alkanes of at least 4 members (excludes halogenated alkanes) is 2. The minimum absolute atomic E-state index is 0.221. The third-order valence-corrected chi connectivity index (χ3v) is 3.57. The van der Waals surface area contributed by atoms with Gasteiger partial charge in [-0.3, -0.25) is 9.78 Å². The largest absolute Gasteiger partial charge is 0.497 e. The van der Waals surface area contributed by atoms with Gasteiger partial charge >= 0.3 is 5.97 Å². The van der Waals surface area contributed by atoms with Gasteiger partial charge in [-0.25, -0.2) is 0 Å². The molecule has 4 nitrogen and oxygen atoms in total. The number of nitrogens with zero attached hydrogens (tertiary/aromatic N) is 1. The number of allylic oxidation sites excluding steroid dienone is 1. The van der Waals surface area contributed by atoms with E-state index in [1.807, 2.05) is 42.6 Å². The van der Waals surface area contributed by atoms with Crippen molar-refractivity contribution in [1.82, 2.24) is 4.98 Å². The van der Waals surface area contributed by atoms with E-state index >= 15 is 0 Å². The number of benzene rings is 1. The summed E-state index contributed by atoms with van der Waals surface area (Å²) in [6.07, 6.45) is 8.35. The molecule has 1 heterocycles. The summed E-state index contributed by atoms with van der Waals surface area (Å²) in [5.41, 5.74) is 3.25. The lowest BCUT2D eigenvalue weighted by atomic mass is 9.97. The predicted molar refractivity (Wildman–Crippen MR) is 90.4 cm³/mol. The number of carboxylic acids is 1. The van der Waals surface area contributed by atoms with Crippen LogP contribution in [0.4, 0.5) is 0 Å². The molecule has 0 fully saturated rings. The van der Waals surface area contributed by atoms with Crippen LogP contribution in [0.2, 0.25) is 0 Å². The van der Waals surface area contributed by atoms with Crippen molar-refractivity contribution < 1.29 is 14.6 Å². The number of aliphatic carboxylic acids is 1. The highest BCUT2D eigenvalue weighted by Crippen LogP contribution is 2.25. The van der Waals surface area contributed by atoms with Gasteiger partial charge in [-0.15, -0.1) is 0 Å². The third-order valence-electron chi connectivity index (χ3n) is 3.57. The van der Waals surface area contributed by atoms with Crippen LogP contribution in [0.5, 0.6) is 5.75 Å².